The maximum Gasteiger partial charge on any atom is 0.174 e. The van der Waals surface area contributed by atoms with E-state index in [1.807, 2.05) is 37.3 Å². The van der Waals surface area contributed by atoms with Gasteiger partial charge >= 0.3 is 0 Å². The van der Waals surface area contributed by atoms with Crippen molar-refractivity contribution in [3.63, 3.8) is 0 Å². The zero-order valence-corrected chi connectivity index (χ0v) is 15.7. The Labute approximate surface area is 147 Å². The van der Waals surface area contributed by atoms with Gasteiger partial charge in [-0.15, -0.1) is 0 Å². The minimum Gasteiger partial charge on any atom is -0.492 e. The molecule has 2 rings (SSSR count). The van der Waals surface area contributed by atoms with Gasteiger partial charge in [-0.25, -0.2) is 0 Å². The minimum absolute atomic E-state index is 0.621. The van der Waals surface area contributed by atoms with E-state index in [0.29, 0.717) is 6.61 Å². The normalized spacial score (nSPS) is 10.3. The van der Waals surface area contributed by atoms with Crippen LogP contribution < -0.4 is 14.8 Å². The third kappa shape index (κ3) is 4.51. The van der Waals surface area contributed by atoms with Crippen molar-refractivity contribution in [3.8, 4) is 11.5 Å². The van der Waals surface area contributed by atoms with Gasteiger partial charge in [0.2, 0.25) is 0 Å². The molecule has 0 unspecified atom stereocenters. The Bertz CT molecular complexity index is 602. The van der Waals surface area contributed by atoms with E-state index in [-0.39, 0.29) is 0 Å². The van der Waals surface area contributed by atoms with Gasteiger partial charge in [0.05, 0.1) is 17.3 Å². The molecule has 3 nitrogen and oxygen atoms in total. The van der Waals surface area contributed by atoms with Gasteiger partial charge in [-0.05, 0) is 71.5 Å². The fourth-order valence-corrected chi connectivity index (χ4v) is 3.11. The standard InChI is InChI=1S/C16H17BrINO2/c1-3-21-15-9-11(8-14(18)16(15)20-2)10-19-13-6-4-12(17)5-7-13/h4-9,19H,3,10H2,1-2H3. The maximum atomic E-state index is 5.65. The Morgan fingerprint density at radius 3 is 2.52 bits per heavy atom. The highest BCUT2D eigenvalue weighted by atomic mass is 127. The molecule has 1 N–H and O–H groups in total. The molecule has 0 amide bonds. The lowest BCUT2D eigenvalue weighted by Gasteiger charge is -2.14. The first kappa shape index (κ1) is 16.4. The highest BCUT2D eigenvalue weighted by Crippen LogP contribution is 2.34. The molecule has 0 heterocycles. The SMILES string of the molecule is CCOc1cc(CNc2ccc(Br)cc2)cc(I)c1OC. The highest BCUT2D eigenvalue weighted by molar-refractivity contribution is 14.1. The predicted molar refractivity (Wildman–Crippen MR) is 98.3 cm³/mol. The molecule has 0 saturated heterocycles. The maximum absolute atomic E-state index is 5.65. The number of hydrogen-bond acceptors (Lipinski definition) is 3. The van der Waals surface area contributed by atoms with Crippen LogP contribution in [0.2, 0.25) is 0 Å². The molecule has 0 spiro atoms. The van der Waals surface area contributed by atoms with Gasteiger partial charge in [-0.2, -0.15) is 0 Å². The van der Waals surface area contributed by atoms with Crippen LogP contribution in [0.5, 0.6) is 11.5 Å². The summed E-state index contributed by atoms with van der Waals surface area (Å²) in [7, 11) is 1.67. The van der Waals surface area contributed by atoms with Crippen molar-refractivity contribution < 1.29 is 9.47 Å². The van der Waals surface area contributed by atoms with Gasteiger partial charge in [0.1, 0.15) is 0 Å². The topological polar surface area (TPSA) is 30.5 Å². The second-order valence-electron chi connectivity index (χ2n) is 4.40. The molecule has 0 aliphatic rings. The van der Waals surface area contributed by atoms with Crippen LogP contribution in [0, 0.1) is 3.57 Å². The van der Waals surface area contributed by atoms with Crippen LogP contribution in [0.15, 0.2) is 40.9 Å². The fourth-order valence-electron chi connectivity index (χ4n) is 1.96. The van der Waals surface area contributed by atoms with E-state index < -0.39 is 0 Å². The molecule has 5 heteroatoms. The summed E-state index contributed by atoms with van der Waals surface area (Å²) in [5, 5.41) is 3.40. The Hall–Kier alpha value is -0.950. The molecule has 112 valence electrons. The van der Waals surface area contributed by atoms with Crippen molar-refractivity contribution in [2.75, 3.05) is 19.0 Å². The molecule has 0 aromatic heterocycles. The quantitative estimate of drug-likeness (QED) is 0.609. The van der Waals surface area contributed by atoms with Crippen LogP contribution in [0.25, 0.3) is 0 Å². The summed E-state index contributed by atoms with van der Waals surface area (Å²) in [5.41, 5.74) is 2.24. The summed E-state index contributed by atoms with van der Waals surface area (Å²) in [5.74, 6) is 1.59. The third-order valence-corrected chi connectivity index (χ3v) is 4.24. The van der Waals surface area contributed by atoms with Crippen molar-refractivity contribution in [3.05, 3.63) is 50.0 Å². The van der Waals surface area contributed by atoms with E-state index >= 15 is 0 Å². The average molecular weight is 462 g/mol. The van der Waals surface area contributed by atoms with E-state index in [1.54, 1.807) is 7.11 Å². The molecular formula is C16H17BrINO2. The number of ether oxygens (including phenoxy) is 2. The Morgan fingerprint density at radius 2 is 1.90 bits per heavy atom. The van der Waals surface area contributed by atoms with Gasteiger partial charge in [-0.1, -0.05) is 15.9 Å². The van der Waals surface area contributed by atoms with Gasteiger partial charge in [-0.3, -0.25) is 0 Å². The zero-order valence-electron chi connectivity index (χ0n) is 12.0. The molecule has 0 fully saturated rings. The molecule has 0 radical (unpaired) electrons. The van der Waals surface area contributed by atoms with Crippen molar-refractivity contribution in [1.82, 2.24) is 0 Å². The number of halogens is 2. The summed E-state index contributed by atoms with van der Waals surface area (Å²) in [6.07, 6.45) is 0. The first-order valence-corrected chi connectivity index (χ1v) is 8.50. The van der Waals surface area contributed by atoms with Gasteiger partial charge < -0.3 is 14.8 Å². The second-order valence-corrected chi connectivity index (χ2v) is 6.48. The monoisotopic (exact) mass is 461 g/mol. The van der Waals surface area contributed by atoms with Crippen molar-refractivity contribution in [1.29, 1.82) is 0 Å². The van der Waals surface area contributed by atoms with Crippen LogP contribution >= 0.6 is 38.5 Å². The molecule has 2 aromatic rings. The number of hydrogen-bond donors (Lipinski definition) is 1. The van der Waals surface area contributed by atoms with Crippen LogP contribution in [0.3, 0.4) is 0 Å². The number of rotatable bonds is 6. The number of benzene rings is 2. The Kier molecular flexibility index (Phi) is 6.17. The van der Waals surface area contributed by atoms with E-state index in [0.717, 1.165) is 37.3 Å². The first-order chi connectivity index (χ1) is 10.1. The number of nitrogens with one attached hydrogen (secondary N) is 1. The summed E-state index contributed by atoms with van der Waals surface area (Å²) in [6, 6.07) is 12.3. The van der Waals surface area contributed by atoms with Crippen LogP contribution in [0.4, 0.5) is 5.69 Å². The predicted octanol–water partition coefficient (Wildman–Crippen LogP) is 5.07. The fraction of sp³-hybridized carbons (Fsp3) is 0.250. The lowest BCUT2D eigenvalue weighted by atomic mass is 10.2. The van der Waals surface area contributed by atoms with Crippen molar-refractivity contribution in [2.24, 2.45) is 0 Å². The van der Waals surface area contributed by atoms with Crippen LogP contribution in [-0.4, -0.2) is 13.7 Å². The number of anilines is 1. The largest absolute Gasteiger partial charge is 0.492 e. The molecule has 0 aliphatic carbocycles. The molecular weight excluding hydrogens is 445 g/mol. The van der Waals surface area contributed by atoms with Gasteiger partial charge in [0.15, 0.2) is 11.5 Å². The van der Waals surface area contributed by atoms with E-state index in [4.69, 9.17) is 9.47 Å². The Morgan fingerprint density at radius 1 is 1.19 bits per heavy atom. The van der Waals surface area contributed by atoms with E-state index in [1.165, 1.54) is 0 Å². The van der Waals surface area contributed by atoms with Crippen molar-refractivity contribution >= 4 is 44.2 Å². The molecule has 0 saturated carbocycles. The van der Waals surface area contributed by atoms with E-state index in [9.17, 15) is 0 Å². The highest BCUT2D eigenvalue weighted by Gasteiger charge is 2.10. The summed E-state index contributed by atoms with van der Waals surface area (Å²) in [4.78, 5) is 0. The zero-order chi connectivity index (χ0) is 15.2. The minimum atomic E-state index is 0.621. The third-order valence-electron chi connectivity index (χ3n) is 2.91. The summed E-state index contributed by atoms with van der Waals surface area (Å²) < 4.78 is 13.2. The summed E-state index contributed by atoms with van der Waals surface area (Å²) >= 11 is 5.71. The molecule has 0 atom stereocenters. The summed E-state index contributed by atoms with van der Waals surface area (Å²) in [6.45, 7) is 3.33. The lowest BCUT2D eigenvalue weighted by Crippen LogP contribution is -2.03. The second kappa shape index (κ2) is 7.89. The van der Waals surface area contributed by atoms with Gasteiger partial charge in [0.25, 0.3) is 0 Å². The van der Waals surface area contributed by atoms with Crippen molar-refractivity contribution in [2.45, 2.75) is 13.5 Å². The Balaban J connectivity index is 2.14. The smallest absolute Gasteiger partial charge is 0.174 e. The first-order valence-electron chi connectivity index (χ1n) is 6.62. The molecule has 0 bridgehead atoms. The molecule has 2 aromatic carbocycles. The molecule has 21 heavy (non-hydrogen) atoms. The van der Waals surface area contributed by atoms with E-state index in [2.05, 4.69) is 49.9 Å². The lowest BCUT2D eigenvalue weighted by molar-refractivity contribution is 0.309. The van der Waals surface area contributed by atoms with Crippen LogP contribution in [-0.2, 0) is 6.54 Å². The number of methoxy groups -OCH3 is 1. The average Bonchev–Trinajstić information content (AvgIpc) is 2.47. The van der Waals surface area contributed by atoms with Crippen LogP contribution in [0.1, 0.15) is 12.5 Å². The van der Waals surface area contributed by atoms with Gasteiger partial charge in [0, 0.05) is 16.7 Å². The molecule has 0 aliphatic heterocycles.